The smallest absolute Gasteiger partial charge is 0.273 e. The Bertz CT molecular complexity index is 968. The zero-order chi connectivity index (χ0) is 19.0. The van der Waals surface area contributed by atoms with E-state index in [4.69, 9.17) is 34.8 Å². The summed E-state index contributed by atoms with van der Waals surface area (Å²) in [4.78, 5) is 38.0. The van der Waals surface area contributed by atoms with Crippen LogP contribution in [-0.2, 0) is 9.59 Å². The van der Waals surface area contributed by atoms with E-state index in [9.17, 15) is 14.4 Å². The first-order valence-corrected chi connectivity index (χ1v) is 8.54. The predicted octanol–water partition coefficient (Wildman–Crippen LogP) is 4.62. The second-order valence-corrected chi connectivity index (χ2v) is 6.81. The highest BCUT2D eigenvalue weighted by atomic mass is 35.5. The fourth-order valence-corrected chi connectivity index (χ4v) is 3.10. The molecule has 0 bridgehead atoms. The number of rotatable bonds is 2. The fraction of sp³-hybridized carbons (Fsp3) is 0.0556. The van der Waals surface area contributed by atoms with Crippen molar-refractivity contribution in [2.45, 2.75) is 6.92 Å². The molecule has 1 fully saturated rings. The Hall–Kier alpha value is -2.34. The van der Waals surface area contributed by atoms with E-state index in [1.165, 1.54) is 18.2 Å². The van der Waals surface area contributed by atoms with Gasteiger partial charge >= 0.3 is 6.03 Å². The van der Waals surface area contributed by atoms with E-state index < -0.39 is 17.8 Å². The van der Waals surface area contributed by atoms with Crippen LogP contribution >= 0.6 is 34.8 Å². The lowest BCUT2D eigenvalue weighted by Gasteiger charge is -2.26. The van der Waals surface area contributed by atoms with E-state index in [0.29, 0.717) is 16.3 Å². The van der Waals surface area contributed by atoms with Gasteiger partial charge in [-0.25, -0.2) is 9.69 Å². The van der Waals surface area contributed by atoms with Gasteiger partial charge in [0.25, 0.3) is 11.8 Å². The summed E-state index contributed by atoms with van der Waals surface area (Å²) in [5.41, 5.74) is 1.34. The van der Waals surface area contributed by atoms with Gasteiger partial charge in [0, 0.05) is 5.02 Å². The number of nitrogens with one attached hydrogen (secondary N) is 1. The molecule has 0 spiro atoms. The highest BCUT2D eigenvalue weighted by Gasteiger charge is 2.36. The summed E-state index contributed by atoms with van der Waals surface area (Å²) in [5, 5.41) is 2.76. The van der Waals surface area contributed by atoms with Gasteiger partial charge < -0.3 is 0 Å². The molecule has 0 aliphatic carbocycles. The highest BCUT2D eigenvalue weighted by molar-refractivity contribution is 6.45. The van der Waals surface area contributed by atoms with Crippen LogP contribution in [-0.4, -0.2) is 17.8 Å². The van der Waals surface area contributed by atoms with Crippen molar-refractivity contribution in [2.24, 2.45) is 0 Å². The van der Waals surface area contributed by atoms with Crippen molar-refractivity contribution in [3.05, 3.63) is 68.2 Å². The zero-order valence-electron chi connectivity index (χ0n) is 13.3. The predicted molar refractivity (Wildman–Crippen MR) is 102 cm³/mol. The molecule has 1 N–H and O–H groups in total. The van der Waals surface area contributed by atoms with Gasteiger partial charge in [-0.15, -0.1) is 0 Å². The second kappa shape index (κ2) is 7.11. The molecular formula is C18H11Cl3N2O3. The van der Waals surface area contributed by atoms with Gasteiger partial charge in [-0.05, 0) is 42.8 Å². The number of carbonyl (C=O) groups is 3. The maximum absolute atomic E-state index is 12.8. The first-order chi connectivity index (χ1) is 12.3. The quantitative estimate of drug-likeness (QED) is 0.447. The normalized spacial score (nSPS) is 16.2. The van der Waals surface area contributed by atoms with Crippen molar-refractivity contribution in [2.75, 3.05) is 4.90 Å². The van der Waals surface area contributed by atoms with Crippen molar-refractivity contribution in [1.29, 1.82) is 0 Å². The van der Waals surface area contributed by atoms with E-state index in [1.807, 2.05) is 6.92 Å². The van der Waals surface area contributed by atoms with Gasteiger partial charge in [-0.1, -0.05) is 52.5 Å². The molecule has 2 aromatic carbocycles. The maximum Gasteiger partial charge on any atom is 0.335 e. The number of anilines is 1. The number of halogens is 3. The minimum Gasteiger partial charge on any atom is -0.273 e. The molecule has 0 saturated carbocycles. The number of imide groups is 2. The number of benzene rings is 2. The fourth-order valence-electron chi connectivity index (χ4n) is 2.42. The summed E-state index contributed by atoms with van der Waals surface area (Å²) < 4.78 is 0. The Labute approximate surface area is 164 Å². The van der Waals surface area contributed by atoms with Gasteiger partial charge in [0.05, 0.1) is 15.7 Å². The third-order valence-electron chi connectivity index (χ3n) is 3.71. The van der Waals surface area contributed by atoms with Gasteiger partial charge in [0.15, 0.2) is 0 Å². The summed E-state index contributed by atoms with van der Waals surface area (Å²) in [6.07, 6.45) is 1.26. The molecule has 4 amide bonds. The first-order valence-electron chi connectivity index (χ1n) is 7.40. The number of hydrogen-bond donors (Lipinski definition) is 1. The highest BCUT2D eigenvalue weighted by Crippen LogP contribution is 2.32. The van der Waals surface area contributed by atoms with Gasteiger partial charge in [-0.2, -0.15) is 0 Å². The van der Waals surface area contributed by atoms with E-state index >= 15 is 0 Å². The lowest BCUT2D eigenvalue weighted by molar-refractivity contribution is -0.122. The van der Waals surface area contributed by atoms with Crippen LogP contribution in [0.5, 0.6) is 0 Å². The lowest BCUT2D eigenvalue weighted by Crippen LogP contribution is -2.54. The molecular weight excluding hydrogens is 399 g/mol. The van der Waals surface area contributed by atoms with Gasteiger partial charge in [-0.3, -0.25) is 14.9 Å². The number of hydrogen-bond acceptors (Lipinski definition) is 3. The minimum atomic E-state index is -0.824. The van der Waals surface area contributed by atoms with Crippen molar-refractivity contribution in [1.82, 2.24) is 5.32 Å². The standard InChI is InChI=1S/C18H11Cl3N2O3/c1-9-2-4-12(5-3-9)23-17(25)13(16(24)22-18(23)26)7-10-6-11(19)8-14(20)15(10)21/h2-8H,1H3,(H,22,24,26)/b13-7-. The zero-order valence-corrected chi connectivity index (χ0v) is 15.6. The lowest BCUT2D eigenvalue weighted by atomic mass is 10.1. The molecule has 0 radical (unpaired) electrons. The number of barbiturate groups is 1. The summed E-state index contributed by atoms with van der Waals surface area (Å²) >= 11 is 18.0. The molecule has 0 atom stereocenters. The summed E-state index contributed by atoms with van der Waals surface area (Å²) in [6, 6.07) is 8.82. The molecule has 2 aromatic rings. The van der Waals surface area contributed by atoms with Crippen LogP contribution in [0.2, 0.25) is 15.1 Å². The maximum atomic E-state index is 12.8. The van der Waals surface area contributed by atoms with Crippen LogP contribution in [0.1, 0.15) is 11.1 Å². The van der Waals surface area contributed by atoms with Crippen molar-refractivity contribution >= 4 is 64.4 Å². The molecule has 1 aliphatic heterocycles. The van der Waals surface area contributed by atoms with Gasteiger partial charge in [0.2, 0.25) is 0 Å². The van der Waals surface area contributed by atoms with Crippen molar-refractivity contribution in [3.8, 4) is 0 Å². The summed E-state index contributed by atoms with van der Waals surface area (Å²) in [6.45, 7) is 1.88. The van der Waals surface area contributed by atoms with Crippen molar-refractivity contribution in [3.63, 3.8) is 0 Å². The Kier molecular flexibility index (Phi) is 5.05. The van der Waals surface area contributed by atoms with Crippen LogP contribution in [0.25, 0.3) is 6.08 Å². The van der Waals surface area contributed by atoms with E-state index in [2.05, 4.69) is 5.32 Å². The average molecular weight is 410 g/mol. The molecule has 8 heteroatoms. The van der Waals surface area contributed by atoms with Crippen molar-refractivity contribution < 1.29 is 14.4 Å². The minimum absolute atomic E-state index is 0.142. The van der Waals surface area contributed by atoms with Crippen LogP contribution < -0.4 is 10.2 Å². The average Bonchev–Trinajstić information content (AvgIpc) is 2.57. The molecule has 132 valence electrons. The molecule has 3 rings (SSSR count). The Morgan fingerprint density at radius 1 is 1.00 bits per heavy atom. The number of amides is 4. The number of aryl methyl sites for hydroxylation is 1. The van der Waals surface area contributed by atoms with Crippen LogP contribution in [0.3, 0.4) is 0 Å². The summed E-state index contributed by atoms with van der Waals surface area (Å²) in [7, 11) is 0. The molecule has 0 unspecified atom stereocenters. The first kappa shape index (κ1) is 18.5. The molecule has 1 aliphatic rings. The largest absolute Gasteiger partial charge is 0.335 e. The number of carbonyl (C=O) groups excluding carboxylic acids is 3. The van der Waals surface area contributed by atoms with E-state index in [1.54, 1.807) is 24.3 Å². The van der Waals surface area contributed by atoms with Crippen LogP contribution in [0, 0.1) is 6.92 Å². The van der Waals surface area contributed by atoms with E-state index in [-0.39, 0.29) is 15.6 Å². The summed E-state index contributed by atoms with van der Waals surface area (Å²) in [5.74, 6) is -1.59. The van der Waals surface area contributed by atoms with Gasteiger partial charge in [0.1, 0.15) is 5.57 Å². The molecule has 1 saturated heterocycles. The molecule has 26 heavy (non-hydrogen) atoms. The third kappa shape index (κ3) is 3.46. The second-order valence-electron chi connectivity index (χ2n) is 5.58. The third-order valence-corrected chi connectivity index (χ3v) is 4.75. The Morgan fingerprint density at radius 3 is 2.31 bits per heavy atom. The SMILES string of the molecule is Cc1ccc(N2C(=O)NC(=O)/C(=C/c3cc(Cl)cc(Cl)c3Cl)C2=O)cc1. The molecule has 5 nitrogen and oxygen atoms in total. The Morgan fingerprint density at radius 2 is 1.65 bits per heavy atom. The van der Waals surface area contributed by atoms with Crippen LogP contribution in [0.15, 0.2) is 42.0 Å². The monoisotopic (exact) mass is 408 g/mol. The molecule has 0 aromatic heterocycles. The Balaban J connectivity index is 2.07. The number of nitrogens with zero attached hydrogens (tertiary/aromatic N) is 1. The van der Waals surface area contributed by atoms with E-state index in [0.717, 1.165) is 10.5 Å². The van der Waals surface area contributed by atoms with Crippen LogP contribution in [0.4, 0.5) is 10.5 Å². The number of urea groups is 1. The topological polar surface area (TPSA) is 66.5 Å². The molecule has 1 heterocycles.